The fourth-order valence-corrected chi connectivity index (χ4v) is 4.29. The van der Waals surface area contributed by atoms with Gasteiger partial charge < -0.3 is 20.1 Å². The lowest BCUT2D eigenvalue weighted by atomic mass is 9.78. The number of carbonyl (C=O) groups excluding carboxylic acids is 3. The molecule has 0 fully saturated rings. The second-order valence-corrected chi connectivity index (χ2v) is 7.66. The molecule has 1 aliphatic carbocycles. The molecule has 0 bridgehead atoms. The average Bonchev–Trinajstić information content (AvgIpc) is 2.73. The number of rotatable bonds is 2. The Kier molecular flexibility index (Phi) is 4.66. The molecule has 7 nitrogen and oxygen atoms in total. The summed E-state index contributed by atoms with van der Waals surface area (Å²) in [5.41, 5.74) is -0.510. The first-order chi connectivity index (χ1) is 14.6. The number of fused-ring (bicyclic) bond motifs is 4. The Morgan fingerprint density at radius 2 is 1.68 bits per heavy atom. The van der Waals surface area contributed by atoms with Crippen molar-refractivity contribution in [3.63, 3.8) is 0 Å². The Labute approximate surface area is 181 Å². The third kappa shape index (κ3) is 2.70. The van der Waals surface area contributed by atoms with Crippen LogP contribution in [0.3, 0.4) is 0 Å². The Morgan fingerprint density at radius 1 is 1.00 bits per heavy atom. The minimum Gasteiger partial charge on any atom is -0.507 e. The number of methoxy groups -OCH3 is 1. The van der Waals surface area contributed by atoms with E-state index in [1.54, 1.807) is 19.9 Å². The zero-order valence-electron chi connectivity index (χ0n) is 16.8. The van der Waals surface area contributed by atoms with Gasteiger partial charge in [0.15, 0.2) is 5.78 Å². The van der Waals surface area contributed by atoms with Crippen LogP contribution in [0.5, 0.6) is 17.2 Å². The Balaban J connectivity index is 2.16. The van der Waals surface area contributed by atoms with E-state index in [9.17, 15) is 29.7 Å². The summed E-state index contributed by atoms with van der Waals surface area (Å²) in [6.45, 7) is 3.32. The van der Waals surface area contributed by atoms with E-state index in [1.807, 2.05) is 0 Å². The number of ketones is 2. The summed E-state index contributed by atoms with van der Waals surface area (Å²) in [6.07, 6.45) is 0.192. The van der Waals surface area contributed by atoms with Crippen LogP contribution in [-0.2, 0) is 11.2 Å². The van der Waals surface area contributed by atoms with Crippen LogP contribution in [0.1, 0.15) is 60.3 Å². The largest absolute Gasteiger partial charge is 0.507 e. The van der Waals surface area contributed by atoms with E-state index < -0.39 is 34.8 Å². The first-order valence-electron chi connectivity index (χ1n) is 9.38. The number of phenols is 3. The molecule has 3 aromatic rings. The highest BCUT2D eigenvalue weighted by molar-refractivity contribution is 6.37. The SMILES string of the molecule is CCc1c(C(=O)OC)cc2c(c1O)C(=O)c1c(O)cc3cc(C)c(Cl)c(O)c3c1C2=O. The fraction of sp³-hybridized carbons (Fsp3) is 0.174. The number of halogens is 1. The second kappa shape index (κ2) is 6.99. The first-order valence-corrected chi connectivity index (χ1v) is 9.76. The van der Waals surface area contributed by atoms with Crippen LogP contribution in [0.25, 0.3) is 10.8 Å². The van der Waals surface area contributed by atoms with E-state index in [-0.39, 0.29) is 50.2 Å². The summed E-state index contributed by atoms with van der Waals surface area (Å²) in [4.78, 5) is 39.1. The van der Waals surface area contributed by atoms with Gasteiger partial charge in [-0.25, -0.2) is 4.79 Å². The molecule has 0 radical (unpaired) electrons. The van der Waals surface area contributed by atoms with E-state index in [0.29, 0.717) is 10.9 Å². The van der Waals surface area contributed by atoms with Crippen molar-refractivity contribution in [1.82, 2.24) is 0 Å². The van der Waals surface area contributed by atoms with E-state index in [1.165, 1.54) is 12.1 Å². The van der Waals surface area contributed by atoms with Crippen LogP contribution in [0.2, 0.25) is 5.02 Å². The van der Waals surface area contributed by atoms with Gasteiger partial charge in [-0.15, -0.1) is 0 Å². The molecule has 3 aromatic carbocycles. The van der Waals surface area contributed by atoms with E-state index in [0.717, 1.165) is 7.11 Å². The van der Waals surface area contributed by atoms with Crippen molar-refractivity contribution in [2.75, 3.05) is 7.11 Å². The number of hydrogen-bond acceptors (Lipinski definition) is 7. The van der Waals surface area contributed by atoms with Crippen LogP contribution in [0.15, 0.2) is 18.2 Å². The summed E-state index contributed by atoms with van der Waals surface area (Å²) in [5.74, 6) is -3.71. The number of ether oxygens (including phenoxy) is 1. The molecule has 3 N–H and O–H groups in total. The third-order valence-electron chi connectivity index (χ3n) is 5.59. The van der Waals surface area contributed by atoms with Gasteiger partial charge in [0.2, 0.25) is 5.78 Å². The molecule has 0 atom stereocenters. The van der Waals surface area contributed by atoms with Gasteiger partial charge in [0, 0.05) is 22.1 Å². The molecule has 0 aliphatic heterocycles. The number of carbonyl (C=O) groups is 3. The quantitative estimate of drug-likeness (QED) is 0.402. The topological polar surface area (TPSA) is 121 Å². The van der Waals surface area contributed by atoms with Crippen molar-refractivity contribution in [2.24, 2.45) is 0 Å². The van der Waals surface area contributed by atoms with Crippen LogP contribution in [0.4, 0.5) is 0 Å². The molecule has 0 unspecified atom stereocenters. The molecule has 0 heterocycles. The molecule has 4 rings (SSSR count). The van der Waals surface area contributed by atoms with E-state index in [2.05, 4.69) is 0 Å². The molecular weight excluding hydrogens is 424 g/mol. The second-order valence-electron chi connectivity index (χ2n) is 7.28. The number of aromatic hydroxyl groups is 3. The molecule has 0 saturated heterocycles. The number of benzene rings is 3. The average molecular weight is 441 g/mol. The van der Waals surface area contributed by atoms with Gasteiger partial charge in [-0.2, -0.15) is 0 Å². The molecule has 8 heteroatoms. The van der Waals surface area contributed by atoms with Gasteiger partial charge in [0.1, 0.15) is 17.2 Å². The van der Waals surface area contributed by atoms with Crippen LogP contribution >= 0.6 is 11.6 Å². The lowest BCUT2D eigenvalue weighted by Crippen LogP contribution is -2.23. The molecule has 0 amide bonds. The van der Waals surface area contributed by atoms with E-state index >= 15 is 0 Å². The highest BCUT2D eigenvalue weighted by atomic mass is 35.5. The van der Waals surface area contributed by atoms with Gasteiger partial charge in [-0.3, -0.25) is 9.59 Å². The highest BCUT2D eigenvalue weighted by Crippen LogP contribution is 2.46. The van der Waals surface area contributed by atoms with E-state index in [4.69, 9.17) is 16.3 Å². The number of hydrogen-bond donors (Lipinski definition) is 3. The van der Waals surface area contributed by atoms with Crippen molar-refractivity contribution < 1.29 is 34.4 Å². The Bertz CT molecular complexity index is 1350. The van der Waals surface area contributed by atoms with Crippen molar-refractivity contribution in [3.8, 4) is 17.2 Å². The third-order valence-corrected chi connectivity index (χ3v) is 6.07. The maximum atomic E-state index is 13.5. The maximum absolute atomic E-state index is 13.5. The highest BCUT2D eigenvalue weighted by Gasteiger charge is 2.39. The molecule has 0 spiro atoms. The van der Waals surface area contributed by atoms with Crippen molar-refractivity contribution in [3.05, 3.63) is 62.2 Å². The number of esters is 1. The molecular formula is C23H17ClO7. The predicted molar refractivity (Wildman–Crippen MR) is 113 cm³/mol. The van der Waals surface area contributed by atoms with Gasteiger partial charge in [0.05, 0.1) is 28.8 Å². The summed E-state index contributed by atoms with van der Waals surface area (Å²) >= 11 is 6.16. The Morgan fingerprint density at radius 3 is 2.29 bits per heavy atom. The molecule has 0 saturated carbocycles. The number of aryl methyl sites for hydroxylation is 1. The lowest BCUT2D eigenvalue weighted by Gasteiger charge is -2.24. The molecule has 158 valence electrons. The zero-order chi connectivity index (χ0) is 22.8. The standard InChI is InChI=1S/C23H17ClO7/c1-4-10-11(23(30)31-3)7-12-15(19(10)26)21(28)16-13(25)6-9-5-8(2)18(24)22(29)14(9)17(16)20(12)27/h5-7,25-26,29H,4H2,1-3H3. The summed E-state index contributed by atoms with van der Waals surface area (Å²) in [6, 6.07) is 4.03. The lowest BCUT2D eigenvalue weighted by molar-refractivity contribution is 0.0598. The zero-order valence-corrected chi connectivity index (χ0v) is 17.5. The predicted octanol–water partition coefficient (Wildman–Crippen LogP) is 4.04. The normalized spacial score (nSPS) is 12.6. The smallest absolute Gasteiger partial charge is 0.338 e. The van der Waals surface area contributed by atoms with Crippen molar-refractivity contribution in [1.29, 1.82) is 0 Å². The van der Waals surface area contributed by atoms with Crippen LogP contribution in [0, 0.1) is 6.92 Å². The minimum absolute atomic E-state index is 0.00543. The maximum Gasteiger partial charge on any atom is 0.338 e. The Hall–Kier alpha value is -3.58. The summed E-state index contributed by atoms with van der Waals surface area (Å²) in [5, 5.41) is 32.3. The van der Waals surface area contributed by atoms with Gasteiger partial charge in [-0.1, -0.05) is 18.5 Å². The minimum atomic E-state index is -0.802. The molecule has 1 aliphatic rings. The first kappa shape index (κ1) is 20.7. The number of phenolic OH excluding ortho intramolecular Hbond substituents is 3. The molecule has 31 heavy (non-hydrogen) atoms. The van der Waals surface area contributed by atoms with Crippen molar-refractivity contribution in [2.45, 2.75) is 20.3 Å². The van der Waals surface area contributed by atoms with Crippen LogP contribution in [-0.4, -0.2) is 40.0 Å². The van der Waals surface area contributed by atoms with Crippen LogP contribution < -0.4 is 0 Å². The van der Waals surface area contributed by atoms with Crippen molar-refractivity contribution >= 4 is 39.9 Å². The summed E-state index contributed by atoms with van der Waals surface area (Å²) < 4.78 is 4.75. The monoisotopic (exact) mass is 440 g/mol. The van der Waals surface area contributed by atoms with Gasteiger partial charge >= 0.3 is 5.97 Å². The summed E-state index contributed by atoms with van der Waals surface area (Å²) in [7, 11) is 1.16. The van der Waals surface area contributed by atoms with Gasteiger partial charge in [0.25, 0.3) is 0 Å². The fourth-order valence-electron chi connectivity index (χ4n) is 4.14. The van der Waals surface area contributed by atoms with Gasteiger partial charge in [-0.05, 0) is 42.5 Å². The molecule has 0 aromatic heterocycles.